The highest BCUT2D eigenvalue weighted by Gasteiger charge is 2.02. The van der Waals surface area contributed by atoms with E-state index in [1.165, 1.54) is 0 Å². The lowest BCUT2D eigenvalue weighted by atomic mass is 10.3. The Kier molecular flexibility index (Phi) is 3.26. The van der Waals surface area contributed by atoms with E-state index >= 15 is 0 Å². The number of nitrogens with zero attached hydrogens (tertiary/aromatic N) is 2. The highest BCUT2D eigenvalue weighted by molar-refractivity contribution is 7.27. The summed E-state index contributed by atoms with van der Waals surface area (Å²) in [5.74, 6) is 0.510. The molecule has 2 N–H and O–H groups in total. The van der Waals surface area contributed by atoms with Crippen molar-refractivity contribution in [3.05, 3.63) is 24.3 Å². The van der Waals surface area contributed by atoms with Crippen molar-refractivity contribution in [2.75, 3.05) is 19.0 Å². The largest absolute Gasteiger partial charge is 0.370 e. The number of hydrogen-bond donors (Lipinski definition) is 1. The fourth-order valence-corrected chi connectivity index (χ4v) is 1.30. The normalized spacial score (nSPS) is 11.5. The second-order valence-corrected chi connectivity index (χ2v) is 3.40. The minimum atomic E-state index is 0.510. The second-order valence-electron chi connectivity index (χ2n) is 2.74. The van der Waals surface area contributed by atoms with Gasteiger partial charge in [-0.1, -0.05) is 12.1 Å². The lowest BCUT2D eigenvalue weighted by Crippen LogP contribution is -2.33. The van der Waals surface area contributed by atoms with Crippen LogP contribution < -0.4 is 15.9 Å². The Morgan fingerprint density at radius 1 is 1.54 bits per heavy atom. The molecule has 1 aromatic carbocycles. The molecule has 0 spiro atoms. The molecule has 0 radical (unpaired) electrons. The predicted octanol–water partition coefficient (Wildman–Crippen LogP) is 0.568. The third-order valence-electron chi connectivity index (χ3n) is 1.83. The van der Waals surface area contributed by atoms with Gasteiger partial charge in [-0.2, -0.15) is 0 Å². The van der Waals surface area contributed by atoms with Gasteiger partial charge in [-0.05, 0) is 17.4 Å². The molecular formula is C9H14N3P. The number of anilines is 1. The summed E-state index contributed by atoms with van der Waals surface area (Å²) in [7, 11) is 6.22. The summed E-state index contributed by atoms with van der Waals surface area (Å²) >= 11 is 0. The zero-order chi connectivity index (χ0) is 9.84. The molecule has 0 aliphatic carbocycles. The maximum Gasteiger partial charge on any atom is 0.195 e. The van der Waals surface area contributed by atoms with Gasteiger partial charge in [0.25, 0.3) is 0 Å². The van der Waals surface area contributed by atoms with Crippen LogP contribution in [-0.4, -0.2) is 20.1 Å². The number of nitrogens with two attached hydrogens (primary N) is 1. The van der Waals surface area contributed by atoms with Gasteiger partial charge in [0, 0.05) is 19.8 Å². The van der Waals surface area contributed by atoms with Crippen molar-refractivity contribution in [1.82, 2.24) is 0 Å². The molecule has 0 fully saturated rings. The number of rotatable bonds is 1. The molecule has 0 heterocycles. The number of guanidine groups is 1. The van der Waals surface area contributed by atoms with Crippen molar-refractivity contribution in [3.63, 3.8) is 0 Å². The molecule has 1 unspecified atom stereocenters. The predicted molar refractivity (Wildman–Crippen MR) is 61.7 cm³/mol. The average molecular weight is 195 g/mol. The van der Waals surface area contributed by atoms with Crippen LogP contribution in [0.1, 0.15) is 0 Å². The van der Waals surface area contributed by atoms with Crippen molar-refractivity contribution in [3.8, 4) is 0 Å². The lowest BCUT2D eigenvalue weighted by Gasteiger charge is -2.17. The second kappa shape index (κ2) is 4.24. The zero-order valence-corrected chi connectivity index (χ0v) is 9.01. The summed E-state index contributed by atoms with van der Waals surface area (Å²) in [6.45, 7) is 0. The minimum Gasteiger partial charge on any atom is -0.370 e. The first-order valence-electron chi connectivity index (χ1n) is 3.96. The van der Waals surface area contributed by atoms with Crippen molar-refractivity contribution < 1.29 is 0 Å². The van der Waals surface area contributed by atoms with Crippen molar-refractivity contribution in [1.29, 1.82) is 0 Å². The monoisotopic (exact) mass is 195 g/mol. The van der Waals surface area contributed by atoms with Crippen molar-refractivity contribution >= 4 is 26.2 Å². The summed E-state index contributed by atoms with van der Waals surface area (Å²) in [5.41, 5.74) is 6.71. The standard InChI is InChI=1S/C9H14N3P/c1-11-9(10)12(2)7-4-3-5-8(13)6-7/h3-6H,13H2,1-2H3,(H2,10,11). The van der Waals surface area contributed by atoms with Crippen molar-refractivity contribution in [2.24, 2.45) is 10.7 Å². The Morgan fingerprint density at radius 2 is 2.23 bits per heavy atom. The van der Waals surface area contributed by atoms with E-state index in [0.717, 1.165) is 11.0 Å². The molecule has 0 bridgehead atoms. The Balaban J connectivity index is 2.95. The quantitative estimate of drug-likeness (QED) is 0.404. The molecule has 0 aromatic heterocycles. The van der Waals surface area contributed by atoms with Gasteiger partial charge in [-0.15, -0.1) is 9.24 Å². The molecule has 13 heavy (non-hydrogen) atoms. The summed E-state index contributed by atoms with van der Waals surface area (Å²) in [4.78, 5) is 5.75. The number of hydrogen-bond acceptors (Lipinski definition) is 1. The van der Waals surface area contributed by atoms with E-state index in [4.69, 9.17) is 5.73 Å². The third-order valence-corrected chi connectivity index (χ3v) is 2.19. The fraction of sp³-hybridized carbons (Fsp3) is 0.222. The summed E-state index contributed by atoms with van der Waals surface area (Å²) in [6.07, 6.45) is 0. The van der Waals surface area contributed by atoms with E-state index in [2.05, 4.69) is 14.2 Å². The Morgan fingerprint density at radius 3 is 2.77 bits per heavy atom. The molecule has 0 aliphatic heterocycles. The topological polar surface area (TPSA) is 41.6 Å². The van der Waals surface area contributed by atoms with Crippen LogP contribution in [0.3, 0.4) is 0 Å². The van der Waals surface area contributed by atoms with Crippen LogP contribution in [0.25, 0.3) is 0 Å². The highest BCUT2D eigenvalue weighted by atomic mass is 31.0. The summed E-state index contributed by atoms with van der Waals surface area (Å²) in [6, 6.07) is 8.02. The maximum atomic E-state index is 5.67. The summed E-state index contributed by atoms with van der Waals surface area (Å²) < 4.78 is 0. The van der Waals surface area contributed by atoms with Gasteiger partial charge in [0.15, 0.2) is 5.96 Å². The maximum absolute atomic E-state index is 5.67. The first-order chi connectivity index (χ1) is 6.15. The third kappa shape index (κ3) is 2.43. The van der Waals surface area contributed by atoms with Crippen LogP contribution in [0, 0.1) is 0 Å². The molecule has 0 amide bonds. The van der Waals surface area contributed by atoms with Crippen molar-refractivity contribution in [2.45, 2.75) is 0 Å². The van der Waals surface area contributed by atoms with Crippen LogP contribution in [0.4, 0.5) is 5.69 Å². The van der Waals surface area contributed by atoms with Crippen LogP contribution in [0.2, 0.25) is 0 Å². The molecular weight excluding hydrogens is 181 g/mol. The Hall–Kier alpha value is -1.08. The summed E-state index contributed by atoms with van der Waals surface area (Å²) in [5, 5.41) is 1.13. The van der Waals surface area contributed by atoms with Gasteiger partial charge < -0.3 is 10.6 Å². The van der Waals surface area contributed by atoms with Crippen LogP contribution in [-0.2, 0) is 0 Å². The smallest absolute Gasteiger partial charge is 0.195 e. The first kappa shape index (κ1) is 10.0. The SMILES string of the molecule is CN=C(N)N(C)c1cccc(P)c1. The van der Waals surface area contributed by atoms with Crippen LogP contribution in [0.15, 0.2) is 29.3 Å². The molecule has 0 saturated carbocycles. The van der Waals surface area contributed by atoms with Gasteiger partial charge in [0.2, 0.25) is 0 Å². The molecule has 3 nitrogen and oxygen atoms in total. The van der Waals surface area contributed by atoms with E-state index < -0.39 is 0 Å². The zero-order valence-electron chi connectivity index (χ0n) is 7.86. The minimum absolute atomic E-state index is 0.510. The molecule has 1 atom stereocenters. The van der Waals surface area contributed by atoms with E-state index in [0.29, 0.717) is 5.96 Å². The number of benzene rings is 1. The Bertz CT molecular complexity index is 322. The van der Waals surface area contributed by atoms with E-state index in [1.54, 1.807) is 7.05 Å². The van der Waals surface area contributed by atoms with Gasteiger partial charge in [-0.25, -0.2) is 0 Å². The number of aliphatic imine (C=N–C) groups is 1. The van der Waals surface area contributed by atoms with E-state index in [1.807, 2.05) is 36.2 Å². The molecule has 0 saturated heterocycles. The van der Waals surface area contributed by atoms with Gasteiger partial charge in [0.1, 0.15) is 0 Å². The molecule has 1 aromatic rings. The molecule has 4 heteroatoms. The van der Waals surface area contributed by atoms with Gasteiger partial charge in [-0.3, -0.25) is 4.99 Å². The Labute approximate surface area is 80.9 Å². The average Bonchev–Trinajstić information content (AvgIpc) is 2.15. The molecule has 70 valence electrons. The van der Waals surface area contributed by atoms with Gasteiger partial charge in [0.05, 0.1) is 0 Å². The first-order valence-corrected chi connectivity index (χ1v) is 4.54. The van der Waals surface area contributed by atoms with E-state index in [9.17, 15) is 0 Å². The van der Waals surface area contributed by atoms with Crippen LogP contribution in [0.5, 0.6) is 0 Å². The lowest BCUT2D eigenvalue weighted by molar-refractivity contribution is 1.20. The van der Waals surface area contributed by atoms with Crippen LogP contribution >= 0.6 is 9.24 Å². The fourth-order valence-electron chi connectivity index (χ4n) is 1.02. The molecule has 0 aliphatic rings. The molecule has 1 rings (SSSR count). The van der Waals surface area contributed by atoms with E-state index in [-0.39, 0.29) is 0 Å². The highest BCUT2D eigenvalue weighted by Crippen LogP contribution is 2.10. The van der Waals surface area contributed by atoms with Gasteiger partial charge >= 0.3 is 0 Å².